The van der Waals surface area contributed by atoms with Gasteiger partial charge in [-0.05, 0) is 59.2 Å². The van der Waals surface area contributed by atoms with Crippen LogP contribution in [0.15, 0.2) is 54.6 Å². The molecule has 1 N–H and O–H groups in total. The van der Waals surface area contributed by atoms with E-state index in [2.05, 4.69) is 10.2 Å². The number of aliphatic carboxylic acids is 1. The molecular weight excluding hydrogens is 556 g/mol. The van der Waals surface area contributed by atoms with Crippen LogP contribution in [0.25, 0.3) is 11.1 Å². The fourth-order valence-electron chi connectivity index (χ4n) is 4.13. The zero-order chi connectivity index (χ0) is 24.5. The van der Waals surface area contributed by atoms with Crippen LogP contribution < -0.4 is 9.47 Å². The lowest BCUT2D eigenvalue weighted by Gasteiger charge is -2.34. The number of ether oxygens (including phenoxy) is 2. The monoisotopic (exact) mass is 577 g/mol. The van der Waals surface area contributed by atoms with Gasteiger partial charge in [0.1, 0.15) is 5.82 Å². The van der Waals surface area contributed by atoms with E-state index in [1.807, 2.05) is 0 Å². The lowest BCUT2D eigenvalue weighted by Crippen LogP contribution is -2.49. The van der Waals surface area contributed by atoms with Crippen molar-refractivity contribution in [1.29, 1.82) is 0 Å². The number of benzene rings is 2. The molecule has 4 rings (SSSR count). The zero-order valence-electron chi connectivity index (χ0n) is 18.4. The van der Waals surface area contributed by atoms with Crippen LogP contribution in [0.3, 0.4) is 0 Å². The number of carboxylic acid groups (broad SMARTS) is 1. The van der Waals surface area contributed by atoms with Crippen LogP contribution in [0.2, 0.25) is 0 Å². The highest BCUT2D eigenvalue weighted by molar-refractivity contribution is 14.1. The molecule has 2 atom stereocenters. The number of amides is 1. The maximum Gasteiger partial charge on any atom is 0.340 e. The van der Waals surface area contributed by atoms with E-state index in [4.69, 9.17) is 9.47 Å². The molecular formula is C24H21FIN3O5. The minimum Gasteiger partial charge on any atom is -0.480 e. The second-order valence-electron chi connectivity index (χ2n) is 7.70. The van der Waals surface area contributed by atoms with Crippen LogP contribution in [-0.2, 0) is 4.79 Å². The van der Waals surface area contributed by atoms with Gasteiger partial charge < -0.3 is 19.5 Å². The Kier molecular flexibility index (Phi) is 6.69. The third kappa shape index (κ3) is 4.17. The van der Waals surface area contributed by atoms with Gasteiger partial charge in [-0.15, -0.1) is 10.2 Å². The van der Waals surface area contributed by atoms with Crippen molar-refractivity contribution in [3.63, 3.8) is 0 Å². The largest absolute Gasteiger partial charge is 0.480 e. The van der Waals surface area contributed by atoms with E-state index in [0.717, 1.165) is 0 Å². The van der Waals surface area contributed by atoms with Crippen molar-refractivity contribution in [2.45, 2.75) is 22.4 Å². The summed E-state index contributed by atoms with van der Waals surface area (Å²) in [6, 6.07) is 13.7. The second-order valence-corrected chi connectivity index (χ2v) is 9.49. The van der Waals surface area contributed by atoms with E-state index < -0.39 is 27.3 Å². The Hall–Kier alpha value is -3.28. The summed E-state index contributed by atoms with van der Waals surface area (Å²) in [6.07, 6.45) is 0.533. The summed E-state index contributed by atoms with van der Waals surface area (Å²) in [5, 5.41) is 17.8. The number of likely N-dealkylation sites (tertiary alicyclic amines) is 1. The average Bonchev–Trinajstić information content (AvgIpc) is 3.22. The van der Waals surface area contributed by atoms with Gasteiger partial charge in [0.2, 0.25) is 11.8 Å². The number of methoxy groups -OCH3 is 2. The highest BCUT2D eigenvalue weighted by Gasteiger charge is 2.53. The van der Waals surface area contributed by atoms with Crippen molar-refractivity contribution in [3.8, 4) is 22.9 Å². The highest BCUT2D eigenvalue weighted by Crippen LogP contribution is 2.48. The van der Waals surface area contributed by atoms with E-state index >= 15 is 0 Å². The number of hydrogen-bond donors (Lipinski definition) is 1. The number of carbonyl (C=O) groups is 2. The number of aromatic nitrogens is 2. The molecule has 2 aromatic carbocycles. The van der Waals surface area contributed by atoms with Crippen LogP contribution in [0.1, 0.15) is 34.8 Å². The lowest BCUT2D eigenvalue weighted by atomic mass is 10.0. The highest BCUT2D eigenvalue weighted by atomic mass is 127. The van der Waals surface area contributed by atoms with Gasteiger partial charge in [0, 0.05) is 17.2 Å². The molecule has 0 bridgehead atoms. The molecule has 0 radical (unpaired) electrons. The molecule has 176 valence electrons. The second kappa shape index (κ2) is 9.53. The molecule has 1 saturated heterocycles. The molecule has 0 aliphatic carbocycles. The maximum atomic E-state index is 14.6. The third-order valence-corrected chi connectivity index (χ3v) is 7.36. The summed E-state index contributed by atoms with van der Waals surface area (Å²) in [7, 11) is 2.95. The van der Waals surface area contributed by atoms with E-state index in [1.165, 1.54) is 25.2 Å². The molecule has 8 nitrogen and oxygen atoms in total. The summed E-state index contributed by atoms with van der Waals surface area (Å²) in [4.78, 5) is 27.0. The number of carbonyl (C=O) groups excluding carboxylic acids is 1. The van der Waals surface area contributed by atoms with Crippen LogP contribution >= 0.6 is 22.6 Å². The van der Waals surface area contributed by atoms with Gasteiger partial charge in [0.25, 0.3) is 5.91 Å². The molecule has 0 saturated carbocycles. The lowest BCUT2D eigenvalue weighted by molar-refractivity contribution is -0.142. The number of carboxylic acids is 1. The quantitative estimate of drug-likeness (QED) is 0.262. The molecule has 1 aliphatic rings. The number of alkyl halides is 1. The number of rotatable bonds is 6. The van der Waals surface area contributed by atoms with Gasteiger partial charge in [0.15, 0.2) is 3.55 Å². The summed E-state index contributed by atoms with van der Waals surface area (Å²) in [5.74, 6) is -1.52. The third-order valence-electron chi connectivity index (χ3n) is 5.84. The molecule has 2 heterocycles. The molecule has 0 unspecified atom stereocenters. The zero-order valence-corrected chi connectivity index (χ0v) is 20.5. The van der Waals surface area contributed by atoms with Crippen LogP contribution in [0, 0.1) is 5.82 Å². The van der Waals surface area contributed by atoms with Gasteiger partial charge in [-0.1, -0.05) is 30.3 Å². The van der Waals surface area contributed by atoms with Crippen molar-refractivity contribution < 1.29 is 28.6 Å². The number of halogens is 2. The molecule has 1 fully saturated rings. The van der Waals surface area contributed by atoms with Crippen molar-refractivity contribution in [1.82, 2.24) is 15.1 Å². The predicted octanol–water partition coefficient (Wildman–Crippen LogP) is 4.49. The Morgan fingerprint density at radius 1 is 1.12 bits per heavy atom. The molecule has 1 aromatic heterocycles. The Balaban J connectivity index is 1.72. The molecule has 34 heavy (non-hydrogen) atoms. The van der Waals surface area contributed by atoms with E-state index in [-0.39, 0.29) is 17.9 Å². The first-order valence-corrected chi connectivity index (χ1v) is 11.4. The summed E-state index contributed by atoms with van der Waals surface area (Å²) >= 11 is 1.78. The smallest absolute Gasteiger partial charge is 0.340 e. The van der Waals surface area contributed by atoms with E-state index in [1.54, 1.807) is 71.1 Å². The summed E-state index contributed by atoms with van der Waals surface area (Å²) < 4.78 is 23.5. The predicted molar refractivity (Wildman–Crippen MR) is 130 cm³/mol. The first-order chi connectivity index (χ1) is 16.3. The fraction of sp³-hybridized carbons (Fsp3) is 0.250. The molecule has 1 aliphatic heterocycles. The topological polar surface area (TPSA) is 102 Å². The van der Waals surface area contributed by atoms with Crippen molar-refractivity contribution >= 4 is 34.5 Å². The number of nitrogens with zero attached hydrogens (tertiary/aromatic N) is 3. The Morgan fingerprint density at radius 3 is 2.44 bits per heavy atom. The van der Waals surface area contributed by atoms with Crippen molar-refractivity contribution in [2.75, 3.05) is 14.2 Å². The fourth-order valence-corrected chi connectivity index (χ4v) is 5.00. The minimum absolute atomic E-state index is 0.200. The van der Waals surface area contributed by atoms with Crippen molar-refractivity contribution in [2.24, 2.45) is 0 Å². The van der Waals surface area contributed by atoms with E-state index in [9.17, 15) is 19.1 Å². The van der Waals surface area contributed by atoms with Crippen LogP contribution in [-0.4, -0.2) is 49.8 Å². The number of hydrogen-bond acceptors (Lipinski definition) is 6. The first-order valence-electron chi connectivity index (χ1n) is 10.4. The minimum atomic E-state index is -1.49. The van der Waals surface area contributed by atoms with Crippen molar-refractivity contribution in [3.05, 3.63) is 71.5 Å². The molecule has 0 spiro atoms. The van der Waals surface area contributed by atoms with Crippen LogP contribution in [0.5, 0.6) is 11.8 Å². The Labute approximate surface area is 208 Å². The normalized spacial score (nSPS) is 19.6. The van der Waals surface area contributed by atoms with Gasteiger partial charge in [0.05, 0.1) is 25.8 Å². The van der Waals surface area contributed by atoms with Gasteiger partial charge in [-0.2, -0.15) is 0 Å². The Morgan fingerprint density at radius 2 is 1.82 bits per heavy atom. The molecule has 10 heteroatoms. The van der Waals surface area contributed by atoms with Gasteiger partial charge >= 0.3 is 5.97 Å². The van der Waals surface area contributed by atoms with Gasteiger partial charge in [-0.25, -0.2) is 9.18 Å². The Bertz CT molecular complexity index is 1240. The van der Waals surface area contributed by atoms with Crippen LogP contribution in [0.4, 0.5) is 4.39 Å². The molecule has 3 aromatic rings. The van der Waals surface area contributed by atoms with E-state index in [0.29, 0.717) is 29.0 Å². The summed E-state index contributed by atoms with van der Waals surface area (Å²) in [6.45, 7) is 0. The van der Waals surface area contributed by atoms with Gasteiger partial charge in [-0.3, -0.25) is 4.79 Å². The SMILES string of the molecule is COc1cc(-c2ccc(C(=O)N3[C@@H](c4ccccc4F)CC[C@]3(I)C(=O)O)cc2)c(OC)nn1. The maximum absolute atomic E-state index is 14.6. The first kappa shape index (κ1) is 23.9. The average molecular weight is 577 g/mol. The standard InChI is InChI=1S/C24H21FIN3O5/c1-33-20-13-17(21(34-2)28-27-20)14-7-9-15(10-8-14)22(30)29-19(11-12-24(29,26)23(31)32)16-5-3-4-6-18(16)25/h3-10,13,19H,11-12H2,1-2H3,(H,31,32)/t19-,24-/m1/s1. The summed E-state index contributed by atoms with van der Waals surface area (Å²) in [5.41, 5.74) is 1.90. The molecule has 1 amide bonds.